The van der Waals surface area contributed by atoms with E-state index in [9.17, 15) is 4.79 Å². The summed E-state index contributed by atoms with van der Waals surface area (Å²) in [5.41, 5.74) is 5.88. The van der Waals surface area contributed by atoms with E-state index in [1.165, 1.54) is 0 Å². The van der Waals surface area contributed by atoms with Crippen molar-refractivity contribution in [1.29, 1.82) is 0 Å². The van der Waals surface area contributed by atoms with Crippen LogP contribution in [0.5, 0.6) is 0 Å². The number of hydrogen-bond donors (Lipinski definition) is 1. The van der Waals surface area contributed by atoms with Crippen LogP contribution in [-0.2, 0) is 9.53 Å². The Morgan fingerprint density at radius 3 is 2.40 bits per heavy atom. The van der Waals surface area contributed by atoms with E-state index < -0.39 is 5.97 Å². The number of esters is 1. The van der Waals surface area contributed by atoms with E-state index in [-0.39, 0.29) is 0 Å². The van der Waals surface area contributed by atoms with Gasteiger partial charge in [0.05, 0.1) is 12.3 Å². The fraction of sp³-hybridized carbons (Fsp3) is 0.125. The Bertz CT molecular complexity index is 577. The van der Waals surface area contributed by atoms with Crippen LogP contribution in [0.2, 0.25) is 0 Å². The van der Waals surface area contributed by atoms with Gasteiger partial charge in [0.15, 0.2) is 0 Å². The number of carbonyl (C=O) groups is 1. The van der Waals surface area contributed by atoms with Crippen LogP contribution in [0.3, 0.4) is 0 Å². The van der Waals surface area contributed by atoms with E-state index in [1.807, 2.05) is 42.5 Å². The Kier molecular flexibility index (Phi) is 4.89. The number of rotatable bonds is 5. The number of carbonyl (C=O) groups excluding carboxylic acids is 1. The number of anilines is 1. The first-order chi connectivity index (χ1) is 9.79. The molecule has 0 spiro atoms. The highest BCUT2D eigenvalue weighted by molar-refractivity contribution is 6.23. The second-order valence-electron chi connectivity index (χ2n) is 4.07. The molecule has 0 aromatic heterocycles. The van der Waals surface area contributed by atoms with Crippen molar-refractivity contribution < 1.29 is 9.53 Å². The first-order valence-electron chi connectivity index (χ1n) is 6.41. The smallest absolute Gasteiger partial charge is 0.351 e. The molecule has 0 heterocycles. The van der Waals surface area contributed by atoms with Crippen LogP contribution in [-0.4, -0.2) is 18.8 Å². The zero-order chi connectivity index (χ0) is 14.2. The molecule has 2 aromatic rings. The molecule has 2 rings (SSSR count). The van der Waals surface area contributed by atoms with Crippen molar-refractivity contribution in [2.45, 2.75) is 6.92 Å². The third kappa shape index (κ3) is 3.95. The van der Waals surface area contributed by atoms with Gasteiger partial charge in [-0.25, -0.2) is 4.79 Å². The highest BCUT2D eigenvalue weighted by atomic mass is 16.5. The summed E-state index contributed by atoms with van der Waals surface area (Å²) in [5.74, 6) is -0.457. The van der Waals surface area contributed by atoms with Gasteiger partial charge in [-0.05, 0) is 30.2 Å². The maximum atomic E-state index is 11.1. The Labute approximate surface area is 118 Å². The zero-order valence-electron chi connectivity index (χ0n) is 11.2. The minimum absolute atomic E-state index is 0.344. The molecular weight excluding hydrogens is 252 g/mol. The number of nitrogens with one attached hydrogen (secondary N) is 1. The maximum Gasteiger partial charge on any atom is 0.351 e. The molecule has 1 N–H and O–H groups in total. The van der Waals surface area contributed by atoms with Gasteiger partial charge in [-0.3, -0.25) is 5.43 Å². The van der Waals surface area contributed by atoms with E-state index in [4.69, 9.17) is 4.74 Å². The van der Waals surface area contributed by atoms with Gasteiger partial charge >= 0.3 is 5.97 Å². The molecular formula is C16H16N2O2. The summed E-state index contributed by atoms with van der Waals surface area (Å²) in [7, 11) is 0. The van der Waals surface area contributed by atoms with Crippen molar-refractivity contribution in [2.75, 3.05) is 12.0 Å². The Balaban J connectivity index is 1.97. The first-order valence-corrected chi connectivity index (χ1v) is 6.41. The number of ether oxygens (including phenoxy) is 1. The highest BCUT2D eigenvalue weighted by Gasteiger charge is 1.97. The molecule has 0 bridgehead atoms. The second kappa shape index (κ2) is 7.09. The summed E-state index contributed by atoms with van der Waals surface area (Å²) in [6, 6.07) is 17.9. The predicted octanol–water partition coefficient (Wildman–Crippen LogP) is 3.31. The molecule has 2 aromatic carbocycles. The van der Waals surface area contributed by atoms with Gasteiger partial charge in [-0.15, -0.1) is 0 Å². The Morgan fingerprint density at radius 2 is 1.75 bits per heavy atom. The molecule has 0 aliphatic rings. The SMILES string of the molecule is CCOC(=O)/C=N\Nc1ccc(-c2ccccc2)cc1. The lowest BCUT2D eigenvalue weighted by atomic mass is 10.1. The van der Waals surface area contributed by atoms with Crippen molar-refractivity contribution >= 4 is 17.9 Å². The van der Waals surface area contributed by atoms with Crippen molar-refractivity contribution in [3.8, 4) is 11.1 Å². The quantitative estimate of drug-likeness (QED) is 0.514. The summed E-state index contributed by atoms with van der Waals surface area (Å²) < 4.78 is 4.73. The lowest BCUT2D eigenvalue weighted by molar-refractivity contribution is -0.134. The van der Waals surface area contributed by atoms with Gasteiger partial charge < -0.3 is 4.74 Å². The summed E-state index contributed by atoms with van der Waals surface area (Å²) in [6.07, 6.45) is 1.12. The van der Waals surface area contributed by atoms with Crippen LogP contribution < -0.4 is 5.43 Å². The fourth-order valence-corrected chi connectivity index (χ4v) is 1.71. The number of nitrogens with zero attached hydrogens (tertiary/aromatic N) is 1. The fourth-order valence-electron chi connectivity index (χ4n) is 1.71. The average molecular weight is 268 g/mol. The van der Waals surface area contributed by atoms with Crippen LogP contribution in [0, 0.1) is 0 Å². The van der Waals surface area contributed by atoms with E-state index >= 15 is 0 Å². The topological polar surface area (TPSA) is 50.7 Å². The second-order valence-corrected chi connectivity index (χ2v) is 4.07. The van der Waals surface area contributed by atoms with Gasteiger partial charge in [0.2, 0.25) is 0 Å². The van der Waals surface area contributed by atoms with Crippen LogP contribution in [0.1, 0.15) is 6.92 Å². The molecule has 0 aliphatic carbocycles. The molecule has 4 heteroatoms. The standard InChI is InChI=1S/C16H16N2O2/c1-2-20-16(19)12-17-18-15-10-8-14(9-11-15)13-6-4-3-5-7-13/h3-12,18H,2H2,1H3/b17-12-. The molecule has 0 fully saturated rings. The van der Waals surface area contributed by atoms with Gasteiger partial charge in [-0.2, -0.15) is 5.10 Å². The summed E-state index contributed by atoms with van der Waals surface area (Å²) in [4.78, 5) is 11.1. The predicted molar refractivity (Wildman–Crippen MR) is 80.6 cm³/mol. The highest BCUT2D eigenvalue weighted by Crippen LogP contribution is 2.20. The zero-order valence-corrected chi connectivity index (χ0v) is 11.2. The molecule has 0 atom stereocenters. The molecule has 0 unspecified atom stereocenters. The van der Waals surface area contributed by atoms with E-state index in [0.29, 0.717) is 6.61 Å². The van der Waals surface area contributed by atoms with Crippen molar-refractivity contribution in [1.82, 2.24) is 0 Å². The lowest BCUT2D eigenvalue weighted by Crippen LogP contribution is -2.06. The van der Waals surface area contributed by atoms with E-state index in [1.54, 1.807) is 6.92 Å². The molecule has 4 nitrogen and oxygen atoms in total. The van der Waals surface area contributed by atoms with E-state index in [0.717, 1.165) is 23.0 Å². The first kappa shape index (κ1) is 13.8. The molecule has 0 radical (unpaired) electrons. The molecule has 20 heavy (non-hydrogen) atoms. The summed E-state index contributed by atoms with van der Waals surface area (Å²) in [6.45, 7) is 2.10. The third-order valence-corrected chi connectivity index (χ3v) is 2.64. The minimum Gasteiger partial charge on any atom is -0.462 e. The van der Waals surface area contributed by atoms with Gasteiger partial charge in [0.1, 0.15) is 6.21 Å². The Morgan fingerprint density at radius 1 is 1.10 bits per heavy atom. The lowest BCUT2D eigenvalue weighted by Gasteiger charge is -2.03. The summed E-state index contributed by atoms with van der Waals surface area (Å²) in [5, 5.41) is 3.81. The summed E-state index contributed by atoms with van der Waals surface area (Å²) >= 11 is 0. The van der Waals surface area contributed by atoms with Crippen molar-refractivity contribution in [3.05, 3.63) is 54.6 Å². The molecule has 0 saturated heterocycles. The molecule has 0 aliphatic heterocycles. The molecule has 0 saturated carbocycles. The van der Waals surface area contributed by atoms with Gasteiger partial charge in [0, 0.05) is 0 Å². The molecule has 102 valence electrons. The van der Waals surface area contributed by atoms with Gasteiger partial charge in [0.25, 0.3) is 0 Å². The van der Waals surface area contributed by atoms with Crippen molar-refractivity contribution in [3.63, 3.8) is 0 Å². The number of benzene rings is 2. The third-order valence-electron chi connectivity index (χ3n) is 2.64. The van der Waals surface area contributed by atoms with E-state index in [2.05, 4.69) is 22.7 Å². The Hall–Kier alpha value is -2.62. The van der Waals surface area contributed by atoms with Crippen LogP contribution >= 0.6 is 0 Å². The van der Waals surface area contributed by atoms with Gasteiger partial charge in [-0.1, -0.05) is 42.5 Å². The van der Waals surface area contributed by atoms with Crippen LogP contribution in [0.4, 0.5) is 5.69 Å². The normalized spacial score (nSPS) is 10.4. The largest absolute Gasteiger partial charge is 0.462 e. The molecule has 0 amide bonds. The maximum absolute atomic E-state index is 11.1. The monoisotopic (exact) mass is 268 g/mol. The van der Waals surface area contributed by atoms with Crippen LogP contribution in [0.15, 0.2) is 59.7 Å². The minimum atomic E-state index is -0.457. The number of hydrogen-bond acceptors (Lipinski definition) is 4. The number of hydrazone groups is 1. The van der Waals surface area contributed by atoms with Crippen molar-refractivity contribution in [2.24, 2.45) is 5.10 Å². The average Bonchev–Trinajstić information content (AvgIpc) is 2.49. The van der Waals surface area contributed by atoms with Crippen LogP contribution in [0.25, 0.3) is 11.1 Å².